The fraction of sp³-hybridized carbons (Fsp3) is 0.353. The van der Waals surface area contributed by atoms with E-state index in [2.05, 4.69) is 19.8 Å². The summed E-state index contributed by atoms with van der Waals surface area (Å²) in [5.41, 5.74) is 8.27. The second kappa shape index (κ2) is 6.29. The van der Waals surface area contributed by atoms with Crippen LogP contribution in [0.1, 0.15) is 38.3 Å². The Hall–Kier alpha value is -2.21. The lowest BCUT2D eigenvalue weighted by Gasteiger charge is -2.08. The smallest absolute Gasteiger partial charge is 0.142 e. The number of imidazole rings is 1. The van der Waals surface area contributed by atoms with E-state index in [1.54, 1.807) is 0 Å². The molecule has 0 aliphatic rings. The van der Waals surface area contributed by atoms with Crippen molar-refractivity contribution in [1.82, 2.24) is 9.55 Å². The molecule has 2 N–H and O–H groups in total. The van der Waals surface area contributed by atoms with Crippen molar-refractivity contribution in [2.24, 2.45) is 0 Å². The highest BCUT2D eigenvalue weighted by Gasteiger charge is 2.19. The van der Waals surface area contributed by atoms with Crippen LogP contribution in [0.15, 0.2) is 30.3 Å². The summed E-state index contributed by atoms with van der Waals surface area (Å²) >= 11 is 0. The van der Waals surface area contributed by atoms with Crippen LogP contribution >= 0.6 is 0 Å². The molecule has 1 atom stereocenters. The molecule has 0 radical (unpaired) electrons. The van der Waals surface area contributed by atoms with Gasteiger partial charge in [0, 0.05) is 11.5 Å². The highest BCUT2D eigenvalue weighted by Crippen LogP contribution is 2.30. The fourth-order valence-corrected chi connectivity index (χ4v) is 2.48. The van der Waals surface area contributed by atoms with Crippen LogP contribution in [0.2, 0.25) is 0 Å². The average molecular weight is 267 g/mol. The van der Waals surface area contributed by atoms with Gasteiger partial charge in [-0.25, -0.2) is 4.98 Å². The van der Waals surface area contributed by atoms with Gasteiger partial charge in [-0.2, -0.15) is 0 Å². The Kier molecular flexibility index (Phi) is 4.47. The lowest BCUT2D eigenvalue weighted by Crippen LogP contribution is -2.05. The van der Waals surface area contributed by atoms with Gasteiger partial charge in [0.05, 0.1) is 12.2 Å². The first kappa shape index (κ1) is 14.2. The molecule has 20 heavy (non-hydrogen) atoms. The van der Waals surface area contributed by atoms with E-state index >= 15 is 0 Å². The van der Waals surface area contributed by atoms with Crippen molar-refractivity contribution in [1.29, 1.82) is 0 Å². The summed E-state index contributed by atoms with van der Waals surface area (Å²) in [6, 6.07) is 10.0. The molecule has 3 heteroatoms. The van der Waals surface area contributed by atoms with Gasteiger partial charge in [0.2, 0.25) is 0 Å². The number of hydrogen-bond acceptors (Lipinski definition) is 2. The third-order valence-electron chi connectivity index (χ3n) is 3.51. The third-order valence-corrected chi connectivity index (χ3v) is 3.51. The summed E-state index contributed by atoms with van der Waals surface area (Å²) in [6.45, 7) is 4.78. The van der Waals surface area contributed by atoms with Crippen LogP contribution in [0.4, 0.5) is 5.82 Å². The summed E-state index contributed by atoms with van der Waals surface area (Å²) in [6.07, 6.45) is 7.66. The average Bonchev–Trinajstić information content (AvgIpc) is 2.78. The minimum absolute atomic E-state index is 0.349. The highest BCUT2D eigenvalue weighted by atomic mass is 15.1. The van der Waals surface area contributed by atoms with Crippen LogP contribution in [0, 0.1) is 12.3 Å². The largest absolute Gasteiger partial charge is 0.383 e. The SMILES string of the molecule is C#CCn1c(-c2ccccc2)nc(C(C)CCC)c1N. The molecule has 1 unspecified atom stereocenters. The van der Waals surface area contributed by atoms with Crippen LogP contribution in [0.5, 0.6) is 0 Å². The molecule has 0 aliphatic carbocycles. The lowest BCUT2D eigenvalue weighted by atomic mass is 10.0. The molecular weight excluding hydrogens is 246 g/mol. The topological polar surface area (TPSA) is 43.8 Å². The number of anilines is 1. The molecule has 1 aromatic heterocycles. The summed E-state index contributed by atoms with van der Waals surface area (Å²) in [4.78, 5) is 4.76. The normalized spacial score (nSPS) is 12.1. The Morgan fingerprint density at radius 3 is 2.65 bits per heavy atom. The highest BCUT2D eigenvalue weighted by molar-refractivity contribution is 5.61. The van der Waals surface area contributed by atoms with Crippen molar-refractivity contribution in [2.45, 2.75) is 39.2 Å². The zero-order chi connectivity index (χ0) is 14.5. The quantitative estimate of drug-likeness (QED) is 0.840. The minimum Gasteiger partial charge on any atom is -0.383 e. The van der Waals surface area contributed by atoms with E-state index in [9.17, 15) is 0 Å². The Balaban J connectivity index is 2.51. The van der Waals surface area contributed by atoms with Gasteiger partial charge >= 0.3 is 0 Å². The van der Waals surface area contributed by atoms with Crippen LogP contribution < -0.4 is 5.73 Å². The second-order valence-corrected chi connectivity index (χ2v) is 5.05. The minimum atomic E-state index is 0.349. The first-order chi connectivity index (χ1) is 9.69. The number of aromatic nitrogens is 2. The number of rotatable bonds is 5. The molecule has 104 valence electrons. The molecule has 3 nitrogen and oxygen atoms in total. The molecular formula is C17H21N3. The van der Waals surface area contributed by atoms with Crippen LogP contribution in [-0.4, -0.2) is 9.55 Å². The molecule has 2 rings (SSSR count). The number of benzene rings is 1. The molecule has 0 spiro atoms. The molecule has 2 aromatic rings. The van der Waals surface area contributed by atoms with Crippen molar-refractivity contribution in [3.8, 4) is 23.7 Å². The van der Waals surface area contributed by atoms with Gasteiger partial charge in [-0.3, -0.25) is 4.57 Å². The molecule has 0 aliphatic heterocycles. The van der Waals surface area contributed by atoms with E-state index in [4.69, 9.17) is 17.1 Å². The second-order valence-electron chi connectivity index (χ2n) is 5.05. The lowest BCUT2D eigenvalue weighted by molar-refractivity contribution is 0.652. The number of nitrogens with zero attached hydrogens (tertiary/aromatic N) is 2. The van der Waals surface area contributed by atoms with Crippen molar-refractivity contribution in [3.63, 3.8) is 0 Å². The fourth-order valence-electron chi connectivity index (χ4n) is 2.48. The van der Waals surface area contributed by atoms with E-state index in [0.29, 0.717) is 18.3 Å². The van der Waals surface area contributed by atoms with Crippen molar-refractivity contribution in [3.05, 3.63) is 36.0 Å². The molecule has 1 aromatic carbocycles. The maximum Gasteiger partial charge on any atom is 0.142 e. The zero-order valence-electron chi connectivity index (χ0n) is 12.1. The summed E-state index contributed by atoms with van der Waals surface area (Å²) < 4.78 is 1.93. The predicted molar refractivity (Wildman–Crippen MR) is 84.2 cm³/mol. The van der Waals surface area contributed by atoms with E-state index in [0.717, 1.165) is 29.9 Å². The van der Waals surface area contributed by atoms with Gasteiger partial charge in [0.1, 0.15) is 11.6 Å². The molecule has 0 saturated heterocycles. The molecule has 0 bridgehead atoms. The van der Waals surface area contributed by atoms with Gasteiger partial charge in [0.25, 0.3) is 0 Å². The number of nitrogen functional groups attached to an aromatic ring is 1. The first-order valence-electron chi connectivity index (χ1n) is 7.03. The van der Waals surface area contributed by atoms with E-state index in [1.165, 1.54) is 0 Å². The molecule has 1 heterocycles. The number of hydrogen-bond donors (Lipinski definition) is 1. The van der Waals surface area contributed by atoms with E-state index in [1.807, 2.05) is 34.9 Å². The summed E-state index contributed by atoms with van der Waals surface area (Å²) in [5.74, 6) is 4.57. The summed E-state index contributed by atoms with van der Waals surface area (Å²) in [5, 5.41) is 0. The maximum absolute atomic E-state index is 6.26. The van der Waals surface area contributed by atoms with Crippen molar-refractivity contribution < 1.29 is 0 Å². The molecule has 0 amide bonds. The van der Waals surface area contributed by atoms with Crippen molar-refractivity contribution in [2.75, 3.05) is 5.73 Å². The first-order valence-corrected chi connectivity index (χ1v) is 7.03. The predicted octanol–water partition coefficient (Wildman–Crippen LogP) is 3.67. The van der Waals surface area contributed by atoms with Gasteiger partial charge in [-0.15, -0.1) is 6.42 Å². The molecule has 0 saturated carbocycles. The summed E-state index contributed by atoms with van der Waals surface area (Å²) in [7, 11) is 0. The van der Waals surface area contributed by atoms with Crippen LogP contribution in [0.3, 0.4) is 0 Å². The van der Waals surface area contributed by atoms with Gasteiger partial charge in [0.15, 0.2) is 0 Å². The molecule has 0 fully saturated rings. The Morgan fingerprint density at radius 2 is 2.05 bits per heavy atom. The van der Waals surface area contributed by atoms with Crippen LogP contribution in [-0.2, 0) is 6.54 Å². The Bertz CT molecular complexity index is 605. The Morgan fingerprint density at radius 1 is 1.35 bits per heavy atom. The van der Waals surface area contributed by atoms with E-state index in [-0.39, 0.29) is 0 Å². The number of nitrogens with two attached hydrogens (primary N) is 1. The van der Waals surface area contributed by atoms with Crippen molar-refractivity contribution >= 4 is 5.82 Å². The third kappa shape index (κ3) is 2.70. The zero-order valence-corrected chi connectivity index (χ0v) is 12.1. The van der Waals surface area contributed by atoms with Crippen LogP contribution in [0.25, 0.3) is 11.4 Å². The van der Waals surface area contributed by atoms with Gasteiger partial charge in [-0.1, -0.05) is 56.5 Å². The number of terminal acetylenes is 1. The monoisotopic (exact) mass is 267 g/mol. The van der Waals surface area contributed by atoms with Gasteiger partial charge in [-0.05, 0) is 6.42 Å². The van der Waals surface area contributed by atoms with E-state index < -0.39 is 0 Å². The Labute approximate surface area is 120 Å². The maximum atomic E-state index is 6.26. The van der Waals surface area contributed by atoms with Gasteiger partial charge < -0.3 is 5.73 Å². The standard InChI is InChI=1S/C17H21N3/c1-4-9-13(3)15-16(18)20(12-5-2)17(19-15)14-10-7-6-8-11-14/h2,6-8,10-11,13H,4,9,12,18H2,1,3H3.